The molecule has 94 valence electrons. The molecule has 0 heterocycles. The predicted molar refractivity (Wildman–Crippen MR) is 71.3 cm³/mol. The molecule has 2 aromatic carbocycles. The van der Waals surface area contributed by atoms with Crippen LogP contribution in [0.15, 0.2) is 36.4 Å². The summed E-state index contributed by atoms with van der Waals surface area (Å²) in [6, 6.07) is 9.72. The minimum Gasteiger partial charge on any atom is -0.489 e. The Morgan fingerprint density at radius 1 is 1.22 bits per heavy atom. The van der Waals surface area contributed by atoms with Crippen molar-refractivity contribution in [2.45, 2.75) is 13.5 Å². The Morgan fingerprint density at radius 2 is 2.00 bits per heavy atom. The number of rotatable bonds is 3. The standard InChI is InChI=1S/C14H13ClFNO/c1-9-6-12(17)3-5-14(9)18-8-10-7-11(15)2-4-13(10)16/h2-7H,8,17H2,1H3. The quantitative estimate of drug-likeness (QED) is 0.853. The van der Waals surface area contributed by atoms with Crippen LogP contribution in [-0.4, -0.2) is 0 Å². The summed E-state index contributed by atoms with van der Waals surface area (Å²) < 4.78 is 19.0. The fourth-order valence-electron chi connectivity index (χ4n) is 1.64. The lowest BCUT2D eigenvalue weighted by molar-refractivity contribution is 0.298. The lowest BCUT2D eigenvalue weighted by atomic mass is 10.2. The van der Waals surface area contributed by atoms with Gasteiger partial charge in [0.05, 0.1) is 0 Å². The highest BCUT2D eigenvalue weighted by molar-refractivity contribution is 6.30. The molecule has 0 saturated heterocycles. The topological polar surface area (TPSA) is 35.2 Å². The number of halogens is 2. The van der Waals surface area contributed by atoms with Crippen molar-refractivity contribution in [3.8, 4) is 5.75 Å². The number of hydrogen-bond acceptors (Lipinski definition) is 2. The van der Waals surface area contributed by atoms with Crippen LogP contribution in [0.5, 0.6) is 5.75 Å². The lowest BCUT2D eigenvalue weighted by Crippen LogP contribution is -2.00. The monoisotopic (exact) mass is 265 g/mol. The molecule has 0 bridgehead atoms. The van der Waals surface area contributed by atoms with Crippen molar-refractivity contribution in [1.29, 1.82) is 0 Å². The Bertz CT molecular complexity index is 572. The van der Waals surface area contributed by atoms with Crippen LogP contribution in [0.2, 0.25) is 5.02 Å². The maximum absolute atomic E-state index is 13.5. The van der Waals surface area contributed by atoms with Crippen LogP contribution < -0.4 is 10.5 Å². The highest BCUT2D eigenvalue weighted by atomic mass is 35.5. The fourth-order valence-corrected chi connectivity index (χ4v) is 1.84. The molecule has 0 atom stereocenters. The van der Waals surface area contributed by atoms with E-state index in [2.05, 4.69) is 0 Å². The Kier molecular flexibility index (Phi) is 3.72. The first-order valence-corrected chi connectivity index (χ1v) is 5.87. The van der Waals surface area contributed by atoms with Crippen molar-refractivity contribution in [3.05, 3.63) is 58.4 Å². The zero-order valence-electron chi connectivity index (χ0n) is 9.91. The number of nitrogen functional groups attached to an aromatic ring is 1. The van der Waals surface area contributed by atoms with Crippen LogP contribution in [0.4, 0.5) is 10.1 Å². The normalized spacial score (nSPS) is 10.4. The van der Waals surface area contributed by atoms with Crippen LogP contribution in [0.3, 0.4) is 0 Å². The number of aryl methyl sites for hydroxylation is 1. The summed E-state index contributed by atoms with van der Waals surface area (Å²) in [5, 5.41) is 0.490. The molecule has 18 heavy (non-hydrogen) atoms. The minimum absolute atomic E-state index is 0.136. The Balaban J connectivity index is 2.13. The van der Waals surface area contributed by atoms with Crippen molar-refractivity contribution in [1.82, 2.24) is 0 Å². The molecular formula is C14H13ClFNO. The predicted octanol–water partition coefficient (Wildman–Crippen LogP) is 3.95. The van der Waals surface area contributed by atoms with Crippen molar-refractivity contribution in [2.24, 2.45) is 0 Å². The first-order valence-electron chi connectivity index (χ1n) is 5.49. The van der Waals surface area contributed by atoms with Crippen LogP contribution >= 0.6 is 11.6 Å². The molecule has 0 radical (unpaired) electrons. The lowest BCUT2D eigenvalue weighted by Gasteiger charge is -2.10. The van der Waals surface area contributed by atoms with E-state index in [1.165, 1.54) is 12.1 Å². The molecule has 2 aromatic rings. The molecule has 0 aliphatic carbocycles. The maximum Gasteiger partial charge on any atom is 0.129 e. The second kappa shape index (κ2) is 5.27. The smallest absolute Gasteiger partial charge is 0.129 e. The third kappa shape index (κ3) is 2.93. The Hall–Kier alpha value is -1.74. The molecule has 0 aliphatic heterocycles. The third-order valence-corrected chi connectivity index (χ3v) is 2.83. The first kappa shape index (κ1) is 12.7. The molecule has 2 rings (SSSR count). The summed E-state index contributed by atoms with van der Waals surface area (Å²) in [5.41, 5.74) is 7.66. The highest BCUT2D eigenvalue weighted by Crippen LogP contribution is 2.22. The maximum atomic E-state index is 13.5. The van der Waals surface area contributed by atoms with E-state index in [0.29, 0.717) is 22.0 Å². The molecular weight excluding hydrogens is 253 g/mol. The van der Waals surface area contributed by atoms with E-state index in [9.17, 15) is 4.39 Å². The van der Waals surface area contributed by atoms with Crippen LogP contribution in [0, 0.1) is 12.7 Å². The molecule has 4 heteroatoms. The van der Waals surface area contributed by atoms with Crippen molar-refractivity contribution < 1.29 is 9.13 Å². The van der Waals surface area contributed by atoms with E-state index in [0.717, 1.165) is 5.56 Å². The first-order chi connectivity index (χ1) is 8.56. The fraction of sp³-hybridized carbons (Fsp3) is 0.143. The van der Waals surface area contributed by atoms with Crippen LogP contribution in [0.1, 0.15) is 11.1 Å². The zero-order valence-corrected chi connectivity index (χ0v) is 10.7. The number of hydrogen-bond donors (Lipinski definition) is 1. The van der Waals surface area contributed by atoms with E-state index >= 15 is 0 Å². The van der Waals surface area contributed by atoms with Gasteiger partial charge in [-0.3, -0.25) is 0 Å². The van der Waals surface area contributed by atoms with Crippen LogP contribution in [0.25, 0.3) is 0 Å². The van der Waals surface area contributed by atoms with Crippen molar-refractivity contribution >= 4 is 17.3 Å². The van der Waals surface area contributed by atoms with Gasteiger partial charge in [0, 0.05) is 16.3 Å². The van der Waals surface area contributed by atoms with Gasteiger partial charge in [-0.25, -0.2) is 4.39 Å². The number of anilines is 1. The van der Waals surface area contributed by atoms with Gasteiger partial charge in [-0.2, -0.15) is 0 Å². The van der Waals surface area contributed by atoms with Gasteiger partial charge < -0.3 is 10.5 Å². The summed E-state index contributed by atoms with van der Waals surface area (Å²) in [6.07, 6.45) is 0. The van der Waals surface area contributed by atoms with Gasteiger partial charge in [0.15, 0.2) is 0 Å². The molecule has 2 N–H and O–H groups in total. The molecule has 0 amide bonds. The minimum atomic E-state index is -0.326. The highest BCUT2D eigenvalue weighted by Gasteiger charge is 2.05. The van der Waals surface area contributed by atoms with E-state index in [1.54, 1.807) is 18.2 Å². The summed E-state index contributed by atoms with van der Waals surface area (Å²) in [6.45, 7) is 2.02. The van der Waals surface area contributed by atoms with E-state index < -0.39 is 0 Å². The number of nitrogens with two attached hydrogens (primary N) is 1. The average Bonchev–Trinajstić information content (AvgIpc) is 2.32. The number of benzene rings is 2. The van der Waals surface area contributed by atoms with E-state index in [4.69, 9.17) is 22.1 Å². The molecule has 0 aliphatic rings. The van der Waals surface area contributed by atoms with E-state index in [-0.39, 0.29) is 12.4 Å². The van der Waals surface area contributed by atoms with E-state index in [1.807, 2.05) is 13.0 Å². The van der Waals surface area contributed by atoms with Gasteiger partial charge in [-0.15, -0.1) is 0 Å². The van der Waals surface area contributed by atoms with Crippen molar-refractivity contribution in [2.75, 3.05) is 5.73 Å². The average molecular weight is 266 g/mol. The Labute approximate surface area is 110 Å². The molecule has 0 fully saturated rings. The largest absolute Gasteiger partial charge is 0.489 e. The van der Waals surface area contributed by atoms with Gasteiger partial charge in [0.25, 0.3) is 0 Å². The van der Waals surface area contributed by atoms with Gasteiger partial charge in [0.2, 0.25) is 0 Å². The number of ether oxygens (including phenoxy) is 1. The second-order valence-corrected chi connectivity index (χ2v) is 4.49. The second-order valence-electron chi connectivity index (χ2n) is 4.05. The van der Waals surface area contributed by atoms with Crippen LogP contribution in [-0.2, 0) is 6.61 Å². The van der Waals surface area contributed by atoms with Gasteiger partial charge >= 0.3 is 0 Å². The molecule has 0 saturated carbocycles. The summed E-state index contributed by atoms with van der Waals surface area (Å²) >= 11 is 5.81. The molecule has 0 unspecified atom stereocenters. The molecule has 2 nitrogen and oxygen atoms in total. The molecule has 0 spiro atoms. The van der Waals surface area contributed by atoms with Gasteiger partial charge in [0.1, 0.15) is 18.2 Å². The zero-order chi connectivity index (χ0) is 13.1. The SMILES string of the molecule is Cc1cc(N)ccc1OCc1cc(Cl)ccc1F. The Morgan fingerprint density at radius 3 is 2.72 bits per heavy atom. The van der Waals surface area contributed by atoms with Gasteiger partial charge in [-0.1, -0.05) is 11.6 Å². The van der Waals surface area contributed by atoms with Gasteiger partial charge in [-0.05, 0) is 48.9 Å². The molecule has 0 aromatic heterocycles. The third-order valence-electron chi connectivity index (χ3n) is 2.59. The van der Waals surface area contributed by atoms with Crippen molar-refractivity contribution in [3.63, 3.8) is 0 Å². The summed E-state index contributed by atoms with van der Waals surface area (Å²) in [4.78, 5) is 0. The summed E-state index contributed by atoms with van der Waals surface area (Å²) in [5.74, 6) is 0.357. The summed E-state index contributed by atoms with van der Waals surface area (Å²) in [7, 11) is 0.